The van der Waals surface area contributed by atoms with Crippen LogP contribution in [0, 0.1) is 17.3 Å². The van der Waals surface area contributed by atoms with E-state index >= 15 is 0 Å². The zero-order chi connectivity index (χ0) is 15.7. The highest BCUT2D eigenvalue weighted by Crippen LogP contribution is 2.63. The standard InChI is InChI=1S/C20H28O2/c1-19(2)11-15-13(14-5-4-12(21)10-17(14)19)8-9-20(3)16(15)6-7-18(20)22/h4-5,10,13,15-16,18,21-22H,6-9,11H2,1-3H3/t13-,15-,16+,18-,20+/m1/s1. The van der Waals surface area contributed by atoms with Gasteiger partial charge in [0.1, 0.15) is 5.75 Å². The van der Waals surface area contributed by atoms with Crippen LogP contribution in [0.4, 0.5) is 0 Å². The minimum Gasteiger partial charge on any atom is -0.508 e. The lowest BCUT2D eigenvalue weighted by atomic mass is 9.51. The first-order valence-corrected chi connectivity index (χ1v) is 8.84. The summed E-state index contributed by atoms with van der Waals surface area (Å²) in [6.07, 6.45) is 5.56. The maximum absolute atomic E-state index is 10.5. The maximum atomic E-state index is 10.5. The maximum Gasteiger partial charge on any atom is 0.115 e. The van der Waals surface area contributed by atoms with Gasteiger partial charge in [0.2, 0.25) is 0 Å². The molecule has 0 aliphatic heterocycles. The van der Waals surface area contributed by atoms with Crippen LogP contribution in [0.1, 0.15) is 69.9 Å². The van der Waals surface area contributed by atoms with Gasteiger partial charge in [0.15, 0.2) is 0 Å². The number of benzene rings is 1. The van der Waals surface area contributed by atoms with E-state index in [1.807, 2.05) is 12.1 Å². The fourth-order valence-electron chi connectivity index (χ4n) is 6.08. The molecule has 0 spiro atoms. The van der Waals surface area contributed by atoms with Crippen molar-refractivity contribution >= 4 is 0 Å². The van der Waals surface area contributed by atoms with Crippen molar-refractivity contribution in [1.29, 1.82) is 0 Å². The Morgan fingerprint density at radius 1 is 1.09 bits per heavy atom. The smallest absolute Gasteiger partial charge is 0.115 e. The first-order valence-electron chi connectivity index (χ1n) is 8.84. The molecule has 0 amide bonds. The topological polar surface area (TPSA) is 40.5 Å². The molecule has 120 valence electrons. The molecule has 0 aromatic heterocycles. The van der Waals surface area contributed by atoms with Gasteiger partial charge in [-0.1, -0.05) is 26.8 Å². The van der Waals surface area contributed by atoms with E-state index < -0.39 is 0 Å². The number of rotatable bonds is 0. The quantitative estimate of drug-likeness (QED) is 0.748. The van der Waals surface area contributed by atoms with Gasteiger partial charge in [-0.15, -0.1) is 0 Å². The lowest BCUT2D eigenvalue weighted by Crippen LogP contribution is -2.46. The van der Waals surface area contributed by atoms with Crippen molar-refractivity contribution in [2.75, 3.05) is 0 Å². The fraction of sp³-hybridized carbons (Fsp3) is 0.700. The molecule has 3 aliphatic rings. The summed E-state index contributed by atoms with van der Waals surface area (Å²) < 4.78 is 0. The van der Waals surface area contributed by atoms with E-state index in [-0.39, 0.29) is 16.9 Å². The SMILES string of the molecule is CC1(C)C[C@@H]2[C@H](CC[C@]3(C)[C@H](O)CC[C@@H]23)c2ccc(O)cc21. The molecule has 2 nitrogen and oxygen atoms in total. The van der Waals surface area contributed by atoms with E-state index in [4.69, 9.17) is 0 Å². The van der Waals surface area contributed by atoms with Crippen LogP contribution in [-0.4, -0.2) is 16.3 Å². The van der Waals surface area contributed by atoms with Gasteiger partial charge in [-0.2, -0.15) is 0 Å². The summed E-state index contributed by atoms with van der Waals surface area (Å²) in [5.74, 6) is 2.35. The van der Waals surface area contributed by atoms with Gasteiger partial charge in [-0.05, 0) is 83.9 Å². The molecule has 1 aromatic carbocycles. The van der Waals surface area contributed by atoms with Crippen molar-refractivity contribution in [2.45, 2.75) is 70.3 Å². The Morgan fingerprint density at radius 3 is 2.64 bits per heavy atom. The van der Waals surface area contributed by atoms with E-state index in [0.717, 1.165) is 12.8 Å². The second kappa shape index (κ2) is 4.50. The molecule has 0 unspecified atom stereocenters. The van der Waals surface area contributed by atoms with Crippen LogP contribution in [0.5, 0.6) is 5.75 Å². The second-order valence-corrected chi connectivity index (χ2v) is 8.87. The Labute approximate surface area is 133 Å². The molecular weight excluding hydrogens is 272 g/mol. The third-order valence-electron chi connectivity index (χ3n) is 7.30. The van der Waals surface area contributed by atoms with Crippen LogP contribution in [0.3, 0.4) is 0 Å². The van der Waals surface area contributed by atoms with Gasteiger partial charge in [-0.3, -0.25) is 0 Å². The van der Waals surface area contributed by atoms with Gasteiger partial charge >= 0.3 is 0 Å². The van der Waals surface area contributed by atoms with Gasteiger partial charge in [-0.25, -0.2) is 0 Å². The molecule has 2 heteroatoms. The van der Waals surface area contributed by atoms with E-state index in [2.05, 4.69) is 26.8 Å². The lowest BCUT2D eigenvalue weighted by molar-refractivity contribution is -0.0287. The molecular formula is C20H28O2. The molecule has 3 aliphatic carbocycles. The molecule has 1 aromatic rings. The third-order valence-corrected chi connectivity index (χ3v) is 7.30. The molecule has 0 saturated heterocycles. The largest absolute Gasteiger partial charge is 0.508 e. The Balaban J connectivity index is 1.80. The van der Waals surface area contributed by atoms with Crippen LogP contribution in [-0.2, 0) is 5.41 Å². The van der Waals surface area contributed by atoms with E-state index in [9.17, 15) is 10.2 Å². The number of aliphatic hydroxyl groups is 1. The van der Waals surface area contributed by atoms with Crippen molar-refractivity contribution < 1.29 is 10.2 Å². The van der Waals surface area contributed by atoms with Crippen LogP contribution in [0.15, 0.2) is 18.2 Å². The van der Waals surface area contributed by atoms with Crippen molar-refractivity contribution in [3.05, 3.63) is 29.3 Å². The molecule has 0 bridgehead atoms. The van der Waals surface area contributed by atoms with Crippen molar-refractivity contribution in [2.24, 2.45) is 17.3 Å². The number of phenolic OH excluding ortho intramolecular Hbond substituents is 1. The van der Waals surface area contributed by atoms with Gasteiger partial charge in [0.05, 0.1) is 6.10 Å². The zero-order valence-corrected chi connectivity index (χ0v) is 14.0. The average molecular weight is 300 g/mol. The van der Waals surface area contributed by atoms with Crippen LogP contribution in [0.2, 0.25) is 0 Å². The highest BCUT2D eigenvalue weighted by molar-refractivity contribution is 5.44. The summed E-state index contributed by atoms with van der Waals surface area (Å²) in [5, 5.41) is 20.4. The number of hydrogen-bond donors (Lipinski definition) is 2. The summed E-state index contributed by atoms with van der Waals surface area (Å²) in [5.41, 5.74) is 3.05. The van der Waals surface area contributed by atoms with Crippen LogP contribution in [0.25, 0.3) is 0 Å². The van der Waals surface area contributed by atoms with Crippen LogP contribution >= 0.6 is 0 Å². The highest BCUT2D eigenvalue weighted by Gasteiger charge is 2.56. The molecule has 2 N–H and O–H groups in total. The Morgan fingerprint density at radius 2 is 1.86 bits per heavy atom. The Kier molecular flexibility index (Phi) is 2.98. The monoisotopic (exact) mass is 300 g/mol. The molecule has 22 heavy (non-hydrogen) atoms. The minimum atomic E-state index is -0.109. The fourth-order valence-corrected chi connectivity index (χ4v) is 6.08. The molecule has 0 heterocycles. The molecule has 4 rings (SSSR count). The number of fused-ring (bicyclic) bond motifs is 5. The van der Waals surface area contributed by atoms with Gasteiger partial charge in [0, 0.05) is 0 Å². The molecule has 2 saturated carbocycles. The number of hydrogen-bond acceptors (Lipinski definition) is 2. The number of phenols is 1. The summed E-state index contributed by atoms with van der Waals surface area (Å²) in [7, 11) is 0. The summed E-state index contributed by atoms with van der Waals surface area (Å²) in [6.45, 7) is 6.96. The van der Waals surface area contributed by atoms with Crippen LogP contribution < -0.4 is 0 Å². The first-order chi connectivity index (χ1) is 10.3. The van der Waals surface area contributed by atoms with E-state index in [1.165, 1.54) is 30.4 Å². The predicted octanol–water partition coefficient (Wildman–Crippen LogP) is 4.34. The number of aromatic hydroxyl groups is 1. The Bertz CT molecular complexity index is 606. The van der Waals surface area contributed by atoms with E-state index in [0.29, 0.717) is 23.5 Å². The average Bonchev–Trinajstić information content (AvgIpc) is 2.75. The summed E-state index contributed by atoms with van der Waals surface area (Å²) in [6, 6.07) is 6.01. The highest BCUT2D eigenvalue weighted by atomic mass is 16.3. The van der Waals surface area contributed by atoms with Gasteiger partial charge in [0.25, 0.3) is 0 Å². The zero-order valence-electron chi connectivity index (χ0n) is 14.0. The summed E-state index contributed by atoms with van der Waals surface area (Å²) in [4.78, 5) is 0. The molecule has 2 fully saturated rings. The predicted molar refractivity (Wildman–Crippen MR) is 88.1 cm³/mol. The number of aliphatic hydroxyl groups excluding tert-OH is 1. The lowest BCUT2D eigenvalue weighted by Gasteiger charge is -2.53. The second-order valence-electron chi connectivity index (χ2n) is 8.87. The molecule has 0 radical (unpaired) electrons. The van der Waals surface area contributed by atoms with Crippen molar-refractivity contribution in [3.8, 4) is 5.75 Å². The third kappa shape index (κ3) is 1.83. The van der Waals surface area contributed by atoms with Crippen molar-refractivity contribution in [1.82, 2.24) is 0 Å². The van der Waals surface area contributed by atoms with Gasteiger partial charge < -0.3 is 10.2 Å². The normalized spacial score (nSPS) is 42.4. The van der Waals surface area contributed by atoms with Crippen molar-refractivity contribution in [3.63, 3.8) is 0 Å². The minimum absolute atomic E-state index is 0.109. The summed E-state index contributed by atoms with van der Waals surface area (Å²) >= 11 is 0. The first kappa shape index (κ1) is 14.6. The Hall–Kier alpha value is -1.02. The molecule has 5 atom stereocenters. The van der Waals surface area contributed by atoms with E-state index in [1.54, 1.807) is 0 Å².